The molecule has 2 aromatic rings. The van der Waals surface area contributed by atoms with Crippen LogP contribution in [0.5, 0.6) is 0 Å². The summed E-state index contributed by atoms with van der Waals surface area (Å²) in [6.45, 7) is 1.46. The van der Waals surface area contributed by atoms with Gasteiger partial charge in [-0.05, 0) is 48.9 Å². The van der Waals surface area contributed by atoms with Gasteiger partial charge in [0.25, 0.3) is 11.8 Å². The van der Waals surface area contributed by atoms with E-state index < -0.39 is 5.91 Å². The van der Waals surface area contributed by atoms with Gasteiger partial charge in [-0.2, -0.15) is 5.10 Å². The van der Waals surface area contributed by atoms with Crippen molar-refractivity contribution >= 4 is 29.1 Å². The normalized spacial score (nSPS) is 11.0. The molecule has 0 saturated carbocycles. The zero-order valence-electron chi connectivity index (χ0n) is 12.8. The molecule has 0 atom stereocenters. The summed E-state index contributed by atoms with van der Waals surface area (Å²) >= 11 is 5.74. The number of carbonyl (C=O) groups is 2. The zero-order chi connectivity index (χ0) is 17.5. The van der Waals surface area contributed by atoms with Gasteiger partial charge in [-0.1, -0.05) is 23.7 Å². The fourth-order valence-corrected chi connectivity index (χ4v) is 1.93. The number of hydrogen-bond acceptors (Lipinski definition) is 3. The first kappa shape index (κ1) is 17.6. The van der Waals surface area contributed by atoms with Crippen molar-refractivity contribution in [1.29, 1.82) is 0 Å². The summed E-state index contributed by atoms with van der Waals surface area (Å²) in [6, 6.07) is 12.0. The van der Waals surface area contributed by atoms with E-state index >= 15 is 0 Å². The van der Waals surface area contributed by atoms with Gasteiger partial charge in [-0.15, -0.1) is 0 Å². The number of carbonyl (C=O) groups excluding carboxylic acids is 2. The monoisotopic (exact) mass is 347 g/mol. The highest BCUT2D eigenvalue weighted by atomic mass is 35.5. The molecule has 0 spiro atoms. The van der Waals surface area contributed by atoms with E-state index in [0.717, 1.165) is 0 Å². The number of nitrogens with one attached hydrogen (secondary N) is 2. The lowest BCUT2D eigenvalue weighted by Crippen LogP contribution is -2.35. The maximum Gasteiger partial charge on any atom is 0.259 e. The minimum Gasteiger partial charge on any atom is -0.343 e. The van der Waals surface area contributed by atoms with Crippen LogP contribution in [0.1, 0.15) is 22.8 Å². The number of amides is 2. The highest BCUT2D eigenvalue weighted by Gasteiger charge is 2.07. The Labute approximate surface area is 143 Å². The first-order valence-corrected chi connectivity index (χ1v) is 7.46. The first-order chi connectivity index (χ1) is 11.5. The number of hydrazone groups is 1. The van der Waals surface area contributed by atoms with Crippen molar-refractivity contribution in [3.8, 4) is 0 Å². The summed E-state index contributed by atoms with van der Waals surface area (Å²) in [5, 5.41) is 6.91. The Morgan fingerprint density at radius 3 is 2.25 bits per heavy atom. The van der Waals surface area contributed by atoms with Crippen LogP contribution in [0.4, 0.5) is 4.39 Å². The minimum atomic E-state index is -0.473. The molecule has 2 amide bonds. The van der Waals surface area contributed by atoms with Gasteiger partial charge in [0.1, 0.15) is 5.82 Å². The van der Waals surface area contributed by atoms with E-state index in [1.54, 1.807) is 43.3 Å². The Morgan fingerprint density at radius 2 is 1.62 bits per heavy atom. The molecule has 2 N–H and O–H groups in total. The summed E-state index contributed by atoms with van der Waals surface area (Å²) in [7, 11) is 0. The number of halogens is 2. The summed E-state index contributed by atoms with van der Waals surface area (Å²) in [5.41, 5.74) is 3.94. The summed E-state index contributed by atoms with van der Waals surface area (Å²) in [4.78, 5) is 23.6. The second-order valence-electron chi connectivity index (χ2n) is 4.93. The summed E-state index contributed by atoms with van der Waals surface area (Å²) < 4.78 is 12.8. The minimum absolute atomic E-state index is 0.221. The summed E-state index contributed by atoms with van der Waals surface area (Å²) in [6.07, 6.45) is 0. The molecule has 2 rings (SSSR count). The van der Waals surface area contributed by atoms with Crippen LogP contribution in [0.15, 0.2) is 53.6 Å². The lowest BCUT2D eigenvalue weighted by atomic mass is 10.1. The van der Waals surface area contributed by atoms with E-state index in [4.69, 9.17) is 11.6 Å². The fourth-order valence-electron chi connectivity index (χ4n) is 1.81. The summed E-state index contributed by atoms with van der Waals surface area (Å²) in [5.74, 6) is -1.21. The van der Waals surface area contributed by atoms with E-state index in [2.05, 4.69) is 15.8 Å². The van der Waals surface area contributed by atoms with Crippen LogP contribution in [0.3, 0.4) is 0 Å². The van der Waals surface area contributed by atoms with Gasteiger partial charge in [-0.3, -0.25) is 9.59 Å². The van der Waals surface area contributed by atoms with E-state index in [1.807, 2.05) is 0 Å². The second kappa shape index (κ2) is 8.21. The van der Waals surface area contributed by atoms with Crippen LogP contribution in [0, 0.1) is 5.82 Å². The van der Waals surface area contributed by atoms with Crippen LogP contribution < -0.4 is 10.7 Å². The number of benzene rings is 2. The van der Waals surface area contributed by atoms with Crippen LogP contribution in [-0.2, 0) is 4.79 Å². The molecule has 0 aliphatic rings. The van der Waals surface area contributed by atoms with Crippen LogP contribution in [0.25, 0.3) is 0 Å². The quantitative estimate of drug-likeness (QED) is 0.645. The lowest BCUT2D eigenvalue weighted by Gasteiger charge is -2.05. The molecule has 0 unspecified atom stereocenters. The average Bonchev–Trinajstić information content (AvgIpc) is 2.58. The molecule has 124 valence electrons. The molecule has 5 nitrogen and oxygen atoms in total. The molecule has 0 radical (unpaired) electrons. The molecule has 24 heavy (non-hydrogen) atoms. The second-order valence-corrected chi connectivity index (χ2v) is 5.37. The van der Waals surface area contributed by atoms with Gasteiger partial charge in [0.05, 0.1) is 12.3 Å². The Morgan fingerprint density at radius 1 is 1.04 bits per heavy atom. The van der Waals surface area contributed by atoms with E-state index in [1.165, 1.54) is 12.1 Å². The predicted molar refractivity (Wildman–Crippen MR) is 90.5 cm³/mol. The molecule has 0 fully saturated rings. The van der Waals surface area contributed by atoms with Gasteiger partial charge >= 0.3 is 0 Å². The van der Waals surface area contributed by atoms with E-state index in [-0.39, 0.29) is 18.3 Å². The van der Waals surface area contributed by atoms with E-state index in [0.29, 0.717) is 21.9 Å². The maximum atomic E-state index is 12.8. The van der Waals surface area contributed by atoms with Crippen LogP contribution in [0.2, 0.25) is 5.02 Å². The van der Waals surface area contributed by atoms with Gasteiger partial charge in [0.2, 0.25) is 0 Å². The van der Waals surface area contributed by atoms with Crippen molar-refractivity contribution in [2.75, 3.05) is 6.54 Å². The van der Waals surface area contributed by atoms with Crippen molar-refractivity contribution in [1.82, 2.24) is 10.7 Å². The molecule has 0 aliphatic heterocycles. The Hall–Kier alpha value is -2.73. The van der Waals surface area contributed by atoms with Gasteiger partial charge in [0, 0.05) is 10.6 Å². The lowest BCUT2D eigenvalue weighted by molar-refractivity contribution is -0.120. The molecule has 0 saturated heterocycles. The number of nitrogens with zero attached hydrogens (tertiary/aromatic N) is 1. The Balaban J connectivity index is 1.84. The van der Waals surface area contributed by atoms with Gasteiger partial charge in [0.15, 0.2) is 0 Å². The number of rotatable bonds is 5. The highest BCUT2D eigenvalue weighted by Crippen LogP contribution is 2.09. The van der Waals surface area contributed by atoms with Gasteiger partial charge < -0.3 is 5.32 Å². The molecule has 0 aliphatic carbocycles. The molecule has 7 heteroatoms. The van der Waals surface area contributed by atoms with Crippen molar-refractivity contribution < 1.29 is 14.0 Å². The van der Waals surface area contributed by atoms with Gasteiger partial charge in [-0.25, -0.2) is 9.82 Å². The molecule has 2 aromatic carbocycles. The van der Waals surface area contributed by atoms with Crippen molar-refractivity contribution in [3.05, 3.63) is 70.5 Å². The molecule has 0 aromatic heterocycles. The largest absolute Gasteiger partial charge is 0.343 e. The molecular formula is C17H15ClFN3O2. The predicted octanol–water partition coefficient (Wildman–Crippen LogP) is 2.75. The van der Waals surface area contributed by atoms with Crippen molar-refractivity contribution in [2.24, 2.45) is 5.10 Å². The topological polar surface area (TPSA) is 70.6 Å². The third-order valence-electron chi connectivity index (χ3n) is 3.13. The van der Waals surface area contributed by atoms with Crippen LogP contribution >= 0.6 is 11.6 Å². The van der Waals surface area contributed by atoms with Crippen molar-refractivity contribution in [2.45, 2.75) is 6.92 Å². The smallest absolute Gasteiger partial charge is 0.259 e. The highest BCUT2D eigenvalue weighted by molar-refractivity contribution is 6.30. The zero-order valence-corrected chi connectivity index (χ0v) is 13.6. The maximum absolute atomic E-state index is 12.8. The average molecular weight is 348 g/mol. The molecule has 0 heterocycles. The van der Waals surface area contributed by atoms with Crippen molar-refractivity contribution in [3.63, 3.8) is 0 Å². The molecule has 0 bridgehead atoms. The molecular weight excluding hydrogens is 333 g/mol. The fraction of sp³-hybridized carbons (Fsp3) is 0.118. The van der Waals surface area contributed by atoms with E-state index in [9.17, 15) is 14.0 Å². The Bertz CT molecular complexity index is 758. The third kappa shape index (κ3) is 5.17. The SMILES string of the molecule is CC(=NNC(=O)CNC(=O)c1ccc(Cl)cc1)c1ccc(F)cc1. The third-order valence-corrected chi connectivity index (χ3v) is 3.38. The standard InChI is InChI=1S/C17H15ClFN3O2/c1-11(12-4-8-15(19)9-5-12)21-22-16(23)10-20-17(24)13-2-6-14(18)7-3-13/h2-9H,10H2,1H3,(H,20,24)(H,22,23). The first-order valence-electron chi connectivity index (χ1n) is 7.08. The Kier molecular flexibility index (Phi) is 6.03. The van der Waals surface area contributed by atoms with Crippen LogP contribution in [-0.4, -0.2) is 24.1 Å². The number of hydrogen-bond donors (Lipinski definition) is 2.